The number of aliphatic carboxylic acids is 1. The Labute approximate surface area is 91.6 Å². The van der Waals surface area contributed by atoms with Crippen LogP contribution in [0.4, 0.5) is 4.39 Å². The minimum atomic E-state index is -1.07. The van der Waals surface area contributed by atoms with Crippen LogP contribution in [0.15, 0.2) is 12.1 Å². The van der Waals surface area contributed by atoms with Crippen LogP contribution in [-0.4, -0.2) is 17.9 Å². The Kier molecular flexibility index (Phi) is 2.78. The van der Waals surface area contributed by atoms with Crippen LogP contribution in [-0.2, 0) is 16.1 Å². The molecule has 0 aromatic heterocycles. The van der Waals surface area contributed by atoms with Crippen molar-refractivity contribution >= 4 is 5.97 Å². The number of ether oxygens (including phenoxy) is 2. The van der Waals surface area contributed by atoms with Gasteiger partial charge in [0, 0.05) is 11.1 Å². The van der Waals surface area contributed by atoms with Crippen molar-refractivity contribution in [2.24, 2.45) is 0 Å². The first-order valence-corrected chi connectivity index (χ1v) is 4.86. The van der Waals surface area contributed by atoms with Crippen molar-refractivity contribution in [2.45, 2.75) is 19.4 Å². The third-order valence-electron chi connectivity index (χ3n) is 2.61. The van der Waals surface area contributed by atoms with E-state index < -0.39 is 17.7 Å². The predicted octanol–water partition coefficient (Wildman–Crippen LogP) is 1.88. The van der Waals surface area contributed by atoms with E-state index >= 15 is 0 Å². The number of carboxylic acids is 1. The van der Waals surface area contributed by atoms with Gasteiger partial charge in [0.2, 0.25) is 0 Å². The molecule has 0 aliphatic carbocycles. The number of hydrogen-bond acceptors (Lipinski definition) is 3. The third-order valence-corrected chi connectivity index (χ3v) is 2.61. The van der Waals surface area contributed by atoms with Crippen molar-refractivity contribution < 1.29 is 23.8 Å². The molecule has 0 amide bonds. The van der Waals surface area contributed by atoms with Crippen LogP contribution in [0.1, 0.15) is 24.0 Å². The Hall–Kier alpha value is -1.62. The van der Waals surface area contributed by atoms with Crippen LogP contribution >= 0.6 is 0 Å². The van der Waals surface area contributed by atoms with Crippen LogP contribution in [0.25, 0.3) is 0 Å². The van der Waals surface area contributed by atoms with Gasteiger partial charge in [-0.05, 0) is 19.1 Å². The Morgan fingerprint density at radius 2 is 2.31 bits per heavy atom. The molecule has 1 aromatic carbocycles. The van der Waals surface area contributed by atoms with Gasteiger partial charge in [-0.1, -0.05) is 0 Å². The average molecular weight is 226 g/mol. The zero-order chi connectivity index (χ0) is 11.7. The fraction of sp³-hybridized carbons (Fsp3) is 0.364. The zero-order valence-electron chi connectivity index (χ0n) is 8.70. The molecule has 1 atom stereocenters. The van der Waals surface area contributed by atoms with Crippen molar-refractivity contribution in [3.63, 3.8) is 0 Å². The number of benzene rings is 1. The van der Waals surface area contributed by atoms with E-state index in [0.717, 1.165) is 0 Å². The summed E-state index contributed by atoms with van der Waals surface area (Å²) in [5, 5.41) is 8.91. The van der Waals surface area contributed by atoms with Gasteiger partial charge in [0.05, 0.1) is 12.5 Å². The van der Waals surface area contributed by atoms with Crippen molar-refractivity contribution in [3.8, 4) is 5.75 Å². The molecule has 4 nitrogen and oxygen atoms in total. The number of halogens is 1. The van der Waals surface area contributed by atoms with Crippen LogP contribution in [0, 0.1) is 5.82 Å². The largest absolute Gasteiger partial charge is 0.481 e. The quantitative estimate of drug-likeness (QED) is 0.836. The molecule has 5 heteroatoms. The minimum absolute atomic E-state index is 0.111. The van der Waals surface area contributed by atoms with Gasteiger partial charge in [0.1, 0.15) is 11.6 Å². The molecule has 2 rings (SSSR count). The highest BCUT2D eigenvalue weighted by atomic mass is 19.1. The molecule has 1 aliphatic heterocycles. The number of hydrogen-bond donors (Lipinski definition) is 1. The summed E-state index contributed by atoms with van der Waals surface area (Å²) >= 11 is 0. The molecule has 1 heterocycles. The number of carbonyl (C=O) groups is 1. The molecular formula is C11H11FO4. The maximum atomic E-state index is 13.6. The molecular weight excluding hydrogens is 215 g/mol. The van der Waals surface area contributed by atoms with Gasteiger partial charge in [-0.3, -0.25) is 4.79 Å². The first-order valence-electron chi connectivity index (χ1n) is 4.86. The summed E-state index contributed by atoms with van der Waals surface area (Å²) in [7, 11) is 0. The molecule has 86 valence electrons. The SMILES string of the molecule is CC(C(=O)O)c1c(F)ccc2c1COCO2. The Morgan fingerprint density at radius 3 is 3.00 bits per heavy atom. The summed E-state index contributed by atoms with van der Waals surface area (Å²) in [5.74, 6) is -2.03. The predicted molar refractivity (Wildman–Crippen MR) is 52.7 cm³/mol. The number of carboxylic acid groups (broad SMARTS) is 1. The Morgan fingerprint density at radius 1 is 1.56 bits per heavy atom. The second-order valence-electron chi connectivity index (χ2n) is 3.61. The lowest BCUT2D eigenvalue weighted by molar-refractivity contribution is -0.138. The Balaban J connectivity index is 2.53. The second-order valence-corrected chi connectivity index (χ2v) is 3.61. The normalized spacial score (nSPS) is 16.1. The summed E-state index contributed by atoms with van der Waals surface area (Å²) in [5.41, 5.74) is 0.630. The second kappa shape index (κ2) is 4.09. The van der Waals surface area contributed by atoms with Gasteiger partial charge < -0.3 is 14.6 Å². The summed E-state index contributed by atoms with van der Waals surface area (Å²) < 4.78 is 23.8. The topological polar surface area (TPSA) is 55.8 Å². The van der Waals surface area contributed by atoms with Crippen molar-refractivity contribution in [1.82, 2.24) is 0 Å². The lowest BCUT2D eigenvalue weighted by Gasteiger charge is -2.22. The number of fused-ring (bicyclic) bond motifs is 1. The van der Waals surface area contributed by atoms with Gasteiger partial charge in [-0.25, -0.2) is 4.39 Å². The highest BCUT2D eigenvalue weighted by Gasteiger charge is 2.26. The van der Waals surface area contributed by atoms with Crippen molar-refractivity contribution in [2.75, 3.05) is 6.79 Å². The molecule has 0 bridgehead atoms. The lowest BCUT2D eigenvalue weighted by atomic mass is 9.94. The zero-order valence-corrected chi connectivity index (χ0v) is 8.70. The molecule has 0 saturated heterocycles. The van der Waals surface area contributed by atoms with Crippen LogP contribution in [0.5, 0.6) is 5.75 Å². The molecule has 0 spiro atoms. The van der Waals surface area contributed by atoms with Crippen LogP contribution in [0.2, 0.25) is 0 Å². The molecule has 0 saturated carbocycles. The highest BCUT2D eigenvalue weighted by Crippen LogP contribution is 2.33. The average Bonchev–Trinajstić information content (AvgIpc) is 2.28. The van der Waals surface area contributed by atoms with Crippen molar-refractivity contribution in [3.05, 3.63) is 29.1 Å². The summed E-state index contributed by atoms with van der Waals surface area (Å²) in [6.45, 7) is 1.73. The smallest absolute Gasteiger partial charge is 0.310 e. The maximum Gasteiger partial charge on any atom is 0.310 e. The molecule has 1 aromatic rings. The lowest BCUT2D eigenvalue weighted by Crippen LogP contribution is -2.18. The monoisotopic (exact) mass is 226 g/mol. The van der Waals surface area contributed by atoms with E-state index in [1.807, 2.05) is 0 Å². The van der Waals surface area contributed by atoms with Gasteiger partial charge in [-0.15, -0.1) is 0 Å². The van der Waals surface area contributed by atoms with E-state index in [4.69, 9.17) is 14.6 Å². The fourth-order valence-corrected chi connectivity index (χ4v) is 1.74. The highest BCUT2D eigenvalue weighted by molar-refractivity contribution is 5.76. The maximum absolute atomic E-state index is 13.6. The first kappa shape index (κ1) is 10.9. The molecule has 1 unspecified atom stereocenters. The van der Waals surface area contributed by atoms with Crippen LogP contribution in [0.3, 0.4) is 0 Å². The standard InChI is InChI=1S/C11H11FO4/c1-6(11(13)14)10-7-4-15-5-16-9(7)3-2-8(10)12/h2-3,6H,4-5H2,1H3,(H,13,14). The van der Waals surface area contributed by atoms with E-state index in [-0.39, 0.29) is 19.0 Å². The molecule has 16 heavy (non-hydrogen) atoms. The number of rotatable bonds is 2. The molecule has 0 radical (unpaired) electrons. The summed E-state index contributed by atoms with van der Waals surface area (Å²) in [6.07, 6.45) is 0. The third kappa shape index (κ3) is 1.74. The molecule has 0 fully saturated rings. The van der Waals surface area contributed by atoms with E-state index in [2.05, 4.69) is 0 Å². The van der Waals surface area contributed by atoms with Gasteiger partial charge in [0.15, 0.2) is 6.79 Å². The Bertz CT molecular complexity index is 430. The fourth-order valence-electron chi connectivity index (χ4n) is 1.74. The molecule has 1 N–H and O–H groups in total. The van der Waals surface area contributed by atoms with Crippen molar-refractivity contribution in [1.29, 1.82) is 0 Å². The van der Waals surface area contributed by atoms with E-state index in [9.17, 15) is 9.18 Å². The first-order chi connectivity index (χ1) is 7.61. The van der Waals surface area contributed by atoms with E-state index in [1.165, 1.54) is 19.1 Å². The van der Waals surface area contributed by atoms with Gasteiger partial charge >= 0.3 is 5.97 Å². The summed E-state index contributed by atoms with van der Waals surface area (Å²) in [4.78, 5) is 10.9. The minimum Gasteiger partial charge on any atom is -0.481 e. The van der Waals surface area contributed by atoms with Gasteiger partial charge in [0.25, 0.3) is 0 Å². The van der Waals surface area contributed by atoms with E-state index in [1.54, 1.807) is 0 Å². The van der Waals surface area contributed by atoms with Gasteiger partial charge in [-0.2, -0.15) is 0 Å². The van der Waals surface area contributed by atoms with E-state index in [0.29, 0.717) is 11.3 Å². The van der Waals surface area contributed by atoms with Crippen LogP contribution < -0.4 is 4.74 Å². The molecule has 1 aliphatic rings. The summed E-state index contributed by atoms with van der Waals surface area (Å²) in [6, 6.07) is 2.71.